The van der Waals surface area contributed by atoms with Gasteiger partial charge in [-0.05, 0) is 34.1 Å². The first-order valence-electron chi connectivity index (χ1n) is 10.8. The van der Waals surface area contributed by atoms with Crippen LogP contribution < -0.4 is 0 Å². The van der Waals surface area contributed by atoms with Crippen molar-refractivity contribution in [3.8, 4) is 0 Å². The van der Waals surface area contributed by atoms with Crippen LogP contribution in [0, 0.1) is 0 Å². The predicted octanol–water partition coefficient (Wildman–Crippen LogP) is 4.15. The monoisotopic (exact) mass is 386 g/mol. The second kappa shape index (κ2) is 9.06. The second-order valence-corrected chi connectivity index (χ2v) is 8.89. The van der Waals surface area contributed by atoms with Crippen LogP contribution in [0.25, 0.3) is 0 Å². The zero-order valence-electron chi connectivity index (χ0n) is 17.7. The molecule has 27 heavy (non-hydrogen) atoms. The summed E-state index contributed by atoms with van der Waals surface area (Å²) in [5, 5.41) is 0. The summed E-state index contributed by atoms with van der Waals surface area (Å²) in [5.41, 5.74) is 0. The summed E-state index contributed by atoms with van der Waals surface area (Å²) in [6, 6.07) is 0. The summed E-state index contributed by atoms with van der Waals surface area (Å²) in [4.78, 5) is 0. The van der Waals surface area contributed by atoms with E-state index in [2.05, 4.69) is 6.92 Å². The van der Waals surface area contributed by atoms with Gasteiger partial charge in [0.05, 0.1) is 6.61 Å². The molecular weight excluding hydrogens is 348 g/mol. The lowest BCUT2D eigenvalue weighted by molar-refractivity contribution is -0.236. The second-order valence-electron chi connectivity index (χ2n) is 8.89. The molecule has 3 aliphatic heterocycles. The standard InChI is InChI=1S/C21H38O6/c1-6-7-8-9-10-11-12-13-22-17-16(15-14-23-20(2,3)25-15)24-19-18(17)26-21(4,5)27-19/h15-19H,6-14H2,1-5H3/t15-,16-,17+,18-,19-/m0/s1. The first-order valence-corrected chi connectivity index (χ1v) is 10.8. The molecule has 3 rings (SSSR count). The van der Waals surface area contributed by atoms with Gasteiger partial charge in [-0.15, -0.1) is 0 Å². The van der Waals surface area contributed by atoms with E-state index in [4.69, 9.17) is 28.4 Å². The normalized spacial score (nSPS) is 37.0. The molecule has 3 aliphatic rings. The molecule has 3 fully saturated rings. The van der Waals surface area contributed by atoms with Crippen LogP contribution in [0.1, 0.15) is 79.6 Å². The Morgan fingerprint density at radius 1 is 0.815 bits per heavy atom. The minimum absolute atomic E-state index is 0.167. The maximum absolute atomic E-state index is 6.27. The quantitative estimate of drug-likeness (QED) is 0.526. The fraction of sp³-hybridized carbons (Fsp3) is 1.00. The smallest absolute Gasteiger partial charge is 0.190 e. The molecule has 6 nitrogen and oxygen atoms in total. The van der Waals surface area contributed by atoms with Crippen LogP contribution in [0.2, 0.25) is 0 Å². The van der Waals surface area contributed by atoms with E-state index < -0.39 is 17.9 Å². The topological polar surface area (TPSA) is 55.4 Å². The van der Waals surface area contributed by atoms with E-state index >= 15 is 0 Å². The number of fused-ring (bicyclic) bond motifs is 1. The van der Waals surface area contributed by atoms with Crippen LogP contribution in [0.3, 0.4) is 0 Å². The minimum Gasteiger partial charge on any atom is -0.372 e. The van der Waals surface area contributed by atoms with Gasteiger partial charge in [-0.1, -0.05) is 45.4 Å². The van der Waals surface area contributed by atoms with Crippen LogP contribution >= 0.6 is 0 Å². The Morgan fingerprint density at radius 2 is 1.52 bits per heavy atom. The van der Waals surface area contributed by atoms with E-state index in [1.165, 1.54) is 38.5 Å². The number of rotatable bonds is 10. The molecule has 0 N–H and O–H groups in total. The number of ether oxygens (including phenoxy) is 6. The van der Waals surface area contributed by atoms with Crippen molar-refractivity contribution in [3.05, 3.63) is 0 Å². The first kappa shape index (κ1) is 21.5. The van der Waals surface area contributed by atoms with Crippen molar-refractivity contribution < 1.29 is 28.4 Å². The van der Waals surface area contributed by atoms with Gasteiger partial charge in [-0.3, -0.25) is 0 Å². The highest BCUT2D eigenvalue weighted by atomic mass is 16.8. The third-order valence-electron chi connectivity index (χ3n) is 5.48. The van der Waals surface area contributed by atoms with Crippen molar-refractivity contribution in [3.63, 3.8) is 0 Å². The Hall–Kier alpha value is -0.240. The van der Waals surface area contributed by atoms with Gasteiger partial charge in [0.15, 0.2) is 17.9 Å². The highest BCUT2D eigenvalue weighted by Gasteiger charge is 2.58. The predicted molar refractivity (Wildman–Crippen MR) is 101 cm³/mol. The van der Waals surface area contributed by atoms with E-state index in [1.54, 1.807) is 0 Å². The van der Waals surface area contributed by atoms with E-state index in [0.29, 0.717) is 13.2 Å². The van der Waals surface area contributed by atoms with Crippen molar-refractivity contribution in [1.29, 1.82) is 0 Å². The third kappa shape index (κ3) is 5.64. The highest BCUT2D eigenvalue weighted by Crippen LogP contribution is 2.41. The lowest BCUT2D eigenvalue weighted by Crippen LogP contribution is -2.44. The van der Waals surface area contributed by atoms with Gasteiger partial charge in [0.2, 0.25) is 0 Å². The van der Waals surface area contributed by atoms with Crippen molar-refractivity contribution in [2.45, 2.75) is 122 Å². The van der Waals surface area contributed by atoms with Crippen LogP contribution in [-0.4, -0.2) is 55.5 Å². The van der Waals surface area contributed by atoms with Crippen molar-refractivity contribution in [2.24, 2.45) is 0 Å². The molecule has 0 aromatic carbocycles. The molecule has 6 heteroatoms. The molecule has 0 aromatic heterocycles. The highest BCUT2D eigenvalue weighted by molar-refractivity contribution is 4.98. The van der Waals surface area contributed by atoms with E-state index in [-0.39, 0.29) is 24.4 Å². The number of hydrogen-bond donors (Lipinski definition) is 0. The molecule has 0 bridgehead atoms. The van der Waals surface area contributed by atoms with Crippen LogP contribution in [0.4, 0.5) is 0 Å². The Labute approximate surface area is 164 Å². The molecule has 0 aromatic rings. The Balaban J connectivity index is 1.49. The van der Waals surface area contributed by atoms with Gasteiger partial charge in [-0.2, -0.15) is 0 Å². The molecule has 3 heterocycles. The van der Waals surface area contributed by atoms with Crippen LogP contribution in [0.15, 0.2) is 0 Å². The van der Waals surface area contributed by atoms with Gasteiger partial charge in [0.1, 0.15) is 24.4 Å². The van der Waals surface area contributed by atoms with Gasteiger partial charge in [-0.25, -0.2) is 0 Å². The van der Waals surface area contributed by atoms with Crippen LogP contribution in [0.5, 0.6) is 0 Å². The lowest BCUT2D eigenvalue weighted by atomic mass is 10.1. The molecule has 0 unspecified atom stereocenters. The molecular formula is C21H38O6. The van der Waals surface area contributed by atoms with Gasteiger partial charge >= 0.3 is 0 Å². The van der Waals surface area contributed by atoms with E-state index in [9.17, 15) is 0 Å². The molecule has 0 spiro atoms. The molecule has 0 radical (unpaired) electrons. The maximum Gasteiger partial charge on any atom is 0.190 e. The van der Waals surface area contributed by atoms with Crippen molar-refractivity contribution >= 4 is 0 Å². The zero-order valence-corrected chi connectivity index (χ0v) is 17.7. The average molecular weight is 387 g/mol. The van der Waals surface area contributed by atoms with Crippen molar-refractivity contribution in [2.75, 3.05) is 13.2 Å². The largest absolute Gasteiger partial charge is 0.372 e. The summed E-state index contributed by atoms with van der Waals surface area (Å²) in [7, 11) is 0. The molecule has 0 aliphatic carbocycles. The minimum atomic E-state index is -0.645. The zero-order chi connectivity index (χ0) is 19.5. The lowest BCUT2D eigenvalue weighted by Gasteiger charge is -2.29. The molecule has 0 amide bonds. The summed E-state index contributed by atoms with van der Waals surface area (Å²) < 4.78 is 36.2. The molecule has 158 valence electrons. The number of unbranched alkanes of at least 4 members (excludes halogenated alkanes) is 6. The third-order valence-corrected chi connectivity index (χ3v) is 5.48. The first-order chi connectivity index (χ1) is 12.8. The van der Waals surface area contributed by atoms with E-state index in [1.807, 2.05) is 27.7 Å². The summed E-state index contributed by atoms with van der Waals surface area (Å²) >= 11 is 0. The molecule has 3 saturated heterocycles. The Morgan fingerprint density at radius 3 is 2.19 bits per heavy atom. The summed E-state index contributed by atoms with van der Waals surface area (Å²) in [6.45, 7) is 11.1. The Kier molecular flexibility index (Phi) is 7.20. The van der Waals surface area contributed by atoms with Gasteiger partial charge < -0.3 is 28.4 Å². The molecule has 5 atom stereocenters. The molecule has 0 saturated carbocycles. The summed E-state index contributed by atoms with van der Waals surface area (Å²) in [6.07, 6.45) is 7.61. The average Bonchev–Trinajstić information content (AvgIpc) is 3.19. The maximum atomic E-state index is 6.27. The fourth-order valence-corrected chi connectivity index (χ4v) is 4.15. The van der Waals surface area contributed by atoms with Crippen LogP contribution in [-0.2, 0) is 28.4 Å². The fourth-order valence-electron chi connectivity index (χ4n) is 4.15. The van der Waals surface area contributed by atoms with Crippen molar-refractivity contribution in [1.82, 2.24) is 0 Å². The SMILES string of the molecule is CCCCCCCCCO[C@H]1[C@@H]2OC(C)(C)O[C@@H]2O[C@H]1[C@@H]1COC(C)(C)O1. The van der Waals surface area contributed by atoms with Gasteiger partial charge in [0, 0.05) is 6.61 Å². The number of hydrogen-bond acceptors (Lipinski definition) is 6. The summed E-state index contributed by atoms with van der Waals surface area (Å²) in [5.74, 6) is -1.23. The Bertz CT molecular complexity index is 466. The van der Waals surface area contributed by atoms with E-state index in [0.717, 1.165) is 6.42 Å². The van der Waals surface area contributed by atoms with Gasteiger partial charge in [0.25, 0.3) is 0 Å².